The maximum Gasteiger partial charge on any atom is 0.274 e. The second-order valence-electron chi connectivity index (χ2n) is 4.03. The summed E-state index contributed by atoms with van der Waals surface area (Å²) in [5, 5.41) is 0. The molecule has 0 aliphatic heterocycles. The molecule has 2 aromatic carbocycles. The van der Waals surface area contributed by atoms with Gasteiger partial charge >= 0.3 is 0 Å². The van der Waals surface area contributed by atoms with Crippen molar-refractivity contribution in [3.63, 3.8) is 0 Å². The number of benzene rings is 2. The summed E-state index contributed by atoms with van der Waals surface area (Å²) >= 11 is 0. The maximum atomic E-state index is 5.55. The lowest BCUT2D eigenvalue weighted by Crippen LogP contribution is -1.80. The molecule has 0 spiro atoms. The van der Waals surface area contributed by atoms with Crippen molar-refractivity contribution in [2.75, 3.05) is 0 Å². The summed E-state index contributed by atoms with van der Waals surface area (Å²) in [4.78, 5) is 4.32. The van der Waals surface area contributed by atoms with Crippen LogP contribution in [0.4, 0.5) is 0 Å². The molecule has 3 aromatic rings. The fourth-order valence-corrected chi connectivity index (χ4v) is 1.84. The summed E-state index contributed by atoms with van der Waals surface area (Å²) in [6.07, 6.45) is 1.79. The highest BCUT2D eigenvalue weighted by molar-refractivity contribution is 5.72. The SMILES string of the molecule is C=Cc1ccccc1C#Cc1nc2ccccc2o1. The standard InChI is InChI=1S/C17H11NO/c1-2-13-7-3-4-8-14(13)11-12-17-18-15-9-5-6-10-16(15)19-17/h2-10H,1H2. The molecule has 0 radical (unpaired) electrons. The minimum Gasteiger partial charge on any atom is -0.430 e. The number of para-hydroxylation sites is 2. The van der Waals surface area contributed by atoms with Gasteiger partial charge in [0.25, 0.3) is 5.89 Å². The van der Waals surface area contributed by atoms with Gasteiger partial charge in [0.2, 0.25) is 0 Å². The van der Waals surface area contributed by atoms with Crippen LogP contribution < -0.4 is 0 Å². The highest BCUT2D eigenvalue weighted by Crippen LogP contribution is 2.14. The Morgan fingerprint density at radius 1 is 1.00 bits per heavy atom. The van der Waals surface area contributed by atoms with Crippen molar-refractivity contribution >= 4 is 17.2 Å². The first-order valence-corrected chi connectivity index (χ1v) is 5.96. The van der Waals surface area contributed by atoms with E-state index >= 15 is 0 Å². The Bertz CT molecular complexity index is 769. The molecule has 1 heterocycles. The predicted molar refractivity (Wildman–Crippen MR) is 76.5 cm³/mol. The van der Waals surface area contributed by atoms with Crippen molar-refractivity contribution in [3.05, 3.63) is 72.1 Å². The monoisotopic (exact) mass is 245 g/mol. The van der Waals surface area contributed by atoms with Crippen LogP contribution in [0.1, 0.15) is 17.0 Å². The molecule has 0 unspecified atom stereocenters. The molecule has 0 fully saturated rings. The minimum absolute atomic E-state index is 0.431. The lowest BCUT2D eigenvalue weighted by atomic mass is 10.1. The van der Waals surface area contributed by atoms with Crippen molar-refractivity contribution in [1.29, 1.82) is 0 Å². The van der Waals surface area contributed by atoms with Crippen LogP contribution in [-0.4, -0.2) is 4.98 Å². The second kappa shape index (κ2) is 4.83. The van der Waals surface area contributed by atoms with E-state index in [9.17, 15) is 0 Å². The summed E-state index contributed by atoms with van der Waals surface area (Å²) in [5.74, 6) is 6.44. The number of hydrogen-bond acceptors (Lipinski definition) is 2. The third kappa shape index (κ3) is 2.27. The van der Waals surface area contributed by atoms with Crippen LogP contribution >= 0.6 is 0 Å². The Morgan fingerprint density at radius 3 is 2.63 bits per heavy atom. The Morgan fingerprint density at radius 2 is 1.79 bits per heavy atom. The van der Waals surface area contributed by atoms with Crippen molar-refractivity contribution in [1.82, 2.24) is 4.98 Å². The molecule has 3 rings (SSSR count). The zero-order valence-corrected chi connectivity index (χ0v) is 10.3. The highest BCUT2D eigenvalue weighted by atomic mass is 16.3. The van der Waals surface area contributed by atoms with E-state index in [1.807, 2.05) is 48.5 Å². The van der Waals surface area contributed by atoms with Crippen molar-refractivity contribution in [3.8, 4) is 11.8 Å². The number of fused-ring (bicyclic) bond motifs is 1. The first-order valence-electron chi connectivity index (χ1n) is 5.96. The van der Waals surface area contributed by atoms with E-state index in [1.54, 1.807) is 6.08 Å². The van der Waals surface area contributed by atoms with E-state index in [2.05, 4.69) is 23.4 Å². The van der Waals surface area contributed by atoms with E-state index in [0.717, 1.165) is 22.2 Å². The van der Waals surface area contributed by atoms with Gasteiger partial charge in [-0.25, -0.2) is 4.98 Å². The van der Waals surface area contributed by atoms with E-state index < -0.39 is 0 Å². The summed E-state index contributed by atoms with van der Waals surface area (Å²) in [5.41, 5.74) is 3.50. The molecule has 2 nitrogen and oxygen atoms in total. The van der Waals surface area contributed by atoms with E-state index in [0.29, 0.717) is 5.89 Å². The van der Waals surface area contributed by atoms with Crippen molar-refractivity contribution < 1.29 is 4.42 Å². The molecule has 2 heteroatoms. The summed E-state index contributed by atoms with van der Waals surface area (Å²) in [6.45, 7) is 3.77. The van der Waals surface area contributed by atoms with Crippen molar-refractivity contribution in [2.45, 2.75) is 0 Å². The smallest absolute Gasteiger partial charge is 0.274 e. The molecule has 0 bridgehead atoms. The summed E-state index contributed by atoms with van der Waals surface area (Å²) in [7, 11) is 0. The normalized spacial score (nSPS) is 9.89. The fraction of sp³-hybridized carbons (Fsp3) is 0. The van der Waals surface area contributed by atoms with Crippen LogP contribution in [0.2, 0.25) is 0 Å². The van der Waals surface area contributed by atoms with Gasteiger partial charge in [0, 0.05) is 5.56 Å². The van der Waals surface area contributed by atoms with E-state index in [4.69, 9.17) is 4.42 Å². The maximum absolute atomic E-state index is 5.55. The molecule has 1 aromatic heterocycles. The third-order valence-corrected chi connectivity index (χ3v) is 2.78. The lowest BCUT2D eigenvalue weighted by Gasteiger charge is -1.95. The first-order chi connectivity index (χ1) is 9.36. The van der Waals surface area contributed by atoms with Crippen molar-refractivity contribution in [2.24, 2.45) is 0 Å². The van der Waals surface area contributed by atoms with Gasteiger partial charge < -0.3 is 4.42 Å². The Labute approximate surface area is 111 Å². The van der Waals surface area contributed by atoms with Gasteiger partial charge in [-0.05, 0) is 29.7 Å². The molecular formula is C17H11NO. The van der Waals surface area contributed by atoms with Gasteiger partial charge in [-0.3, -0.25) is 0 Å². The topological polar surface area (TPSA) is 26.0 Å². The molecule has 0 aliphatic carbocycles. The van der Waals surface area contributed by atoms with Crippen LogP contribution in [-0.2, 0) is 0 Å². The molecule has 0 aliphatic rings. The zero-order chi connectivity index (χ0) is 13.1. The number of nitrogens with zero attached hydrogens (tertiary/aromatic N) is 1. The third-order valence-electron chi connectivity index (χ3n) is 2.78. The van der Waals surface area contributed by atoms with Gasteiger partial charge in [0.15, 0.2) is 5.58 Å². The molecule has 0 atom stereocenters. The lowest BCUT2D eigenvalue weighted by molar-refractivity contribution is 0.586. The molecule has 0 N–H and O–H groups in total. The van der Waals surface area contributed by atoms with Gasteiger partial charge in [0.05, 0.1) is 0 Å². The molecule has 0 saturated heterocycles. The Hall–Kier alpha value is -2.79. The van der Waals surface area contributed by atoms with Crippen LogP contribution in [0.3, 0.4) is 0 Å². The average molecular weight is 245 g/mol. The molecule has 0 saturated carbocycles. The predicted octanol–water partition coefficient (Wildman–Crippen LogP) is 3.87. The second-order valence-corrected chi connectivity index (χ2v) is 4.03. The number of aromatic nitrogens is 1. The van der Waals surface area contributed by atoms with Gasteiger partial charge in [-0.2, -0.15) is 0 Å². The van der Waals surface area contributed by atoms with E-state index in [1.165, 1.54) is 0 Å². The summed E-state index contributed by atoms with van der Waals surface area (Å²) in [6, 6.07) is 15.5. The Kier molecular flexibility index (Phi) is 2.88. The average Bonchev–Trinajstić information content (AvgIpc) is 2.88. The van der Waals surface area contributed by atoms with Crippen LogP contribution in [0.5, 0.6) is 0 Å². The number of oxazole rings is 1. The van der Waals surface area contributed by atoms with Crippen LogP contribution in [0.25, 0.3) is 17.2 Å². The molecule has 0 amide bonds. The van der Waals surface area contributed by atoms with Gasteiger partial charge in [-0.15, -0.1) is 0 Å². The Balaban J connectivity index is 2.01. The van der Waals surface area contributed by atoms with E-state index in [-0.39, 0.29) is 0 Å². The number of hydrogen-bond donors (Lipinski definition) is 0. The zero-order valence-electron chi connectivity index (χ0n) is 10.3. The largest absolute Gasteiger partial charge is 0.430 e. The number of rotatable bonds is 1. The van der Waals surface area contributed by atoms with Gasteiger partial charge in [-0.1, -0.05) is 48.9 Å². The first kappa shape index (κ1) is 11.3. The fourth-order valence-electron chi connectivity index (χ4n) is 1.84. The molecule has 19 heavy (non-hydrogen) atoms. The van der Waals surface area contributed by atoms with Gasteiger partial charge in [0.1, 0.15) is 5.52 Å². The highest BCUT2D eigenvalue weighted by Gasteiger charge is 2.01. The minimum atomic E-state index is 0.431. The van der Waals surface area contributed by atoms with Crippen LogP contribution in [0, 0.1) is 11.8 Å². The quantitative estimate of drug-likeness (QED) is 0.608. The molecular weight excluding hydrogens is 234 g/mol. The summed E-state index contributed by atoms with van der Waals surface area (Å²) < 4.78 is 5.55. The molecule has 90 valence electrons. The van der Waals surface area contributed by atoms with Crippen LogP contribution in [0.15, 0.2) is 59.5 Å².